The van der Waals surface area contributed by atoms with Crippen LogP contribution in [0.2, 0.25) is 0 Å². The summed E-state index contributed by atoms with van der Waals surface area (Å²) in [5.74, 6) is 0.506. The number of nitrogens with one attached hydrogen (secondary N) is 1. The fraction of sp³-hybridized carbons (Fsp3) is 0.500. The molecule has 1 rings (SSSR count). The second kappa shape index (κ2) is 9.66. The number of nitrogens with two attached hydrogens (primary N) is 1. The molecular formula is C14H22BrClN2OS. The van der Waals surface area contributed by atoms with Crippen molar-refractivity contribution in [2.45, 2.75) is 38.1 Å². The predicted molar refractivity (Wildman–Crippen MR) is 92.9 cm³/mol. The Balaban J connectivity index is 0.00000361. The highest BCUT2D eigenvalue weighted by Gasteiger charge is 2.07. The summed E-state index contributed by atoms with van der Waals surface area (Å²) in [5, 5.41) is 2.88. The van der Waals surface area contributed by atoms with Crippen LogP contribution < -0.4 is 11.1 Å². The molecule has 0 bridgehead atoms. The molecule has 1 amide bonds. The van der Waals surface area contributed by atoms with Gasteiger partial charge in [0.25, 0.3) is 0 Å². The van der Waals surface area contributed by atoms with Crippen molar-refractivity contribution in [3.63, 3.8) is 0 Å². The molecule has 3 nitrogen and oxygen atoms in total. The molecule has 0 heterocycles. The van der Waals surface area contributed by atoms with Crippen LogP contribution >= 0.6 is 40.1 Å². The third kappa shape index (κ3) is 6.97. The van der Waals surface area contributed by atoms with Crippen molar-refractivity contribution >= 4 is 46.0 Å². The maximum atomic E-state index is 11.7. The number of benzene rings is 1. The minimum atomic E-state index is 0. The summed E-state index contributed by atoms with van der Waals surface area (Å²) in [4.78, 5) is 12.8. The standard InChI is InChI=1S/C14H21BrN2OS.ClH/c1-9-7-13(10(2)6-12(9)15)19-8-14(18)17-5-4-11(3)16;/h6-7,11H,4-5,8,16H2,1-3H3,(H,17,18);1H. The van der Waals surface area contributed by atoms with E-state index in [-0.39, 0.29) is 24.4 Å². The van der Waals surface area contributed by atoms with E-state index in [1.807, 2.05) is 6.92 Å². The summed E-state index contributed by atoms with van der Waals surface area (Å²) in [5.41, 5.74) is 8.00. The summed E-state index contributed by atoms with van der Waals surface area (Å²) >= 11 is 5.08. The zero-order chi connectivity index (χ0) is 14.4. The molecule has 20 heavy (non-hydrogen) atoms. The van der Waals surface area contributed by atoms with Gasteiger partial charge in [0.1, 0.15) is 0 Å². The van der Waals surface area contributed by atoms with Gasteiger partial charge in [0, 0.05) is 22.0 Å². The van der Waals surface area contributed by atoms with Crippen LogP contribution in [0.1, 0.15) is 24.5 Å². The maximum Gasteiger partial charge on any atom is 0.230 e. The first kappa shape index (κ1) is 19.8. The Morgan fingerprint density at radius 1 is 1.40 bits per heavy atom. The van der Waals surface area contributed by atoms with E-state index < -0.39 is 0 Å². The number of amides is 1. The van der Waals surface area contributed by atoms with Crippen molar-refractivity contribution in [2.75, 3.05) is 12.3 Å². The van der Waals surface area contributed by atoms with Crippen LogP contribution in [0.25, 0.3) is 0 Å². The van der Waals surface area contributed by atoms with Crippen molar-refractivity contribution in [2.24, 2.45) is 5.73 Å². The fourth-order valence-corrected chi connectivity index (χ4v) is 2.94. The minimum absolute atomic E-state index is 0. The molecule has 0 saturated heterocycles. The second-order valence-corrected chi connectivity index (χ2v) is 6.64. The molecule has 0 aliphatic rings. The molecule has 114 valence electrons. The third-order valence-corrected chi connectivity index (χ3v) is 4.75. The first-order chi connectivity index (χ1) is 8.90. The van der Waals surface area contributed by atoms with Gasteiger partial charge < -0.3 is 11.1 Å². The topological polar surface area (TPSA) is 55.1 Å². The molecule has 0 aliphatic heterocycles. The molecule has 6 heteroatoms. The zero-order valence-corrected chi connectivity index (χ0v) is 15.3. The largest absolute Gasteiger partial charge is 0.355 e. The fourth-order valence-electron chi connectivity index (χ4n) is 1.54. The van der Waals surface area contributed by atoms with Gasteiger partial charge in [-0.3, -0.25) is 4.79 Å². The molecule has 1 aromatic rings. The second-order valence-electron chi connectivity index (χ2n) is 4.77. The van der Waals surface area contributed by atoms with Crippen LogP contribution in [0.15, 0.2) is 21.5 Å². The number of rotatable bonds is 6. The molecule has 0 aliphatic carbocycles. The first-order valence-corrected chi connectivity index (χ1v) is 8.10. The van der Waals surface area contributed by atoms with E-state index in [9.17, 15) is 4.79 Å². The highest BCUT2D eigenvalue weighted by atomic mass is 79.9. The predicted octanol–water partition coefficient (Wildman–Crippen LogP) is 3.43. The minimum Gasteiger partial charge on any atom is -0.355 e. The molecular weight excluding hydrogens is 360 g/mol. The lowest BCUT2D eigenvalue weighted by atomic mass is 10.2. The summed E-state index contributed by atoms with van der Waals surface area (Å²) in [6.45, 7) is 6.70. The van der Waals surface area contributed by atoms with Crippen LogP contribution in [0.3, 0.4) is 0 Å². The molecule has 1 unspecified atom stereocenters. The molecule has 0 radical (unpaired) electrons. The first-order valence-electron chi connectivity index (χ1n) is 6.32. The van der Waals surface area contributed by atoms with Gasteiger partial charge in [-0.05, 0) is 50.5 Å². The molecule has 0 aromatic heterocycles. The normalized spacial score (nSPS) is 11.7. The van der Waals surface area contributed by atoms with Crippen molar-refractivity contribution < 1.29 is 4.79 Å². The SMILES string of the molecule is Cc1cc(SCC(=O)NCCC(C)N)c(C)cc1Br.Cl. The van der Waals surface area contributed by atoms with E-state index in [1.54, 1.807) is 11.8 Å². The Labute approximate surface area is 140 Å². The van der Waals surface area contributed by atoms with Crippen LogP contribution in [0.5, 0.6) is 0 Å². The highest BCUT2D eigenvalue weighted by molar-refractivity contribution is 9.10. The smallest absolute Gasteiger partial charge is 0.230 e. The van der Waals surface area contributed by atoms with Gasteiger partial charge in [-0.1, -0.05) is 15.9 Å². The number of thioether (sulfide) groups is 1. The Kier molecular flexibility index (Phi) is 9.55. The maximum absolute atomic E-state index is 11.7. The third-order valence-electron chi connectivity index (χ3n) is 2.74. The summed E-state index contributed by atoms with van der Waals surface area (Å²) in [6, 6.07) is 4.33. The number of halogens is 2. The average molecular weight is 382 g/mol. The highest BCUT2D eigenvalue weighted by Crippen LogP contribution is 2.28. The molecule has 1 aromatic carbocycles. The number of carbonyl (C=O) groups is 1. The summed E-state index contributed by atoms with van der Waals surface area (Å²) in [7, 11) is 0. The average Bonchev–Trinajstić information content (AvgIpc) is 2.31. The number of aryl methyl sites for hydroxylation is 2. The van der Waals surface area contributed by atoms with E-state index in [0.717, 1.165) is 15.8 Å². The van der Waals surface area contributed by atoms with E-state index in [0.29, 0.717) is 12.3 Å². The molecule has 0 fully saturated rings. The molecule has 0 spiro atoms. The molecule has 1 atom stereocenters. The van der Waals surface area contributed by atoms with Crippen molar-refractivity contribution in [3.05, 3.63) is 27.7 Å². The quantitative estimate of drug-likeness (QED) is 0.742. The number of hydrogen-bond donors (Lipinski definition) is 2. The summed E-state index contributed by atoms with van der Waals surface area (Å²) in [6.07, 6.45) is 0.812. The van der Waals surface area contributed by atoms with Gasteiger partial charge in [0.15, 0.2) is 0 Å². The van der Waals surface area contributed by atoms with Gasteiger partial charge in [0.2, 0.25) is 5.91 Å². The number of carbonyl (C=O) groups excluding carboxylic acids is 1. The number of hydrogen-bond acceptors (Lipinski definition) is 3. The van der Waals surface area contributed by atoms with Crippen LogP contribution in [0.4, 0.5) is 0 Å². The Bertz CT molecular complexity index is 455. The van der Waals surface area contributed by atoms with E-state index >= 15 is 0 Å². The Morgan fingerprint density at radius 2 is 2.05 bits per heavy atom. The van der Waals surface area contributed by atoms with Crippen LogP contribution in [-0.2, 0) is 4.79 Å². The van der Waals surface area contributed by atoms with Gasteiger partial charge >= 0.3 is 0 Å². The molecule has 0 saturated carbocycles. The Morgan fingerprint density at radius 3 is 2.65 bits per heavy atom. The van der Waals surface area contributed by atoms with Crippen LogP contribution in [-0.4, -0.2) is 24.2 Å². The van der Waals surface area contributed by atoms with E-state index in [1.165, 1.54) is 11.1 Å². The van der Waals surface area contributed by atoms with E-state index in [2.05, 4.69) is 47.2 Å². The van der Waals surface area contributed by atoms with E-state index in [4.69, 9.17) is 5.73 Å². The lowest BCUT2D eigenvalue weighted by Gasteiger charge is -2.10. The van der Waals surface area contributed by atoms with Crippen molar-refractivity contribution in [3.8, 4) is 0 Å². The van der Waals surface area contributed by atoms with Gasteiger partial charge in [-0.15, -0.1) is 24.2 Å². The Hall–Kier alpha value is -0.230. The molecule has 3 N–H and O–H groups in total. The lowest BCUT2D eigenvalue weighted by molar-refractivity contribution is -0.118. The van der Waals surface area contributed by atoms with Gasteiger partial charge in [-0.2, -0.15) is 0 Å². The zero-order valence-electron chi connectivity index (χ0n) is 12.0. The van der Waals surface area contributed by atoms with Crippen molar-refractivity contribution in [1.29, 1.82) is 0 Å². The monoisotopic (exact) mass is 380 g/mol. The van der Waals surface area contributed by atoms with Gasteiger partial charge in [0.05, 0.1) is 5.75 Å². The summed E-state index contributed by atoms with van der Waals surface area (Å²) < 4.78 is 1.11. The lowest BCUT2D eigenvalue weighted by Crippen LogP contribution is -2.30. The van der Waals surface area contributed by atoms with Gasteiger partial charge in [-0.25, -0.2) is 0 Å². The van der Waals surface area contributed by atoms with Crippen LogP contribution in [0, 0.1) is 13.8 Å². The van der Waals surface area contributed by atoms with Crippen molar-refractivity contribution in [1.82, 2.24) is 5.32 Å².